The van der Waals surface area contributed by atoms with Crippen LogP contribution in [-0.4, -0.2) is 23.6 Å². The van der Waals surface area contributed by atoms with Gasteiger partial charge in [-0.05, 0) is 48.0 Å². The van der Waals surface area contributed by atoms with Crippen LogP contribution in [0.3, 0.4) is 0 Å². The summed E-state index contributed by atoms with van der Waals surface area (Å²) in [7, 11) is -1.86. The van der Waals surface area contributed by atoms with Crippen LogP contribution in [0.5, 0.6) is 23.0 Å². The van der Waals surface area contributed by atoms with E-state index in [1.807, 2.05) is 12.1 Å². The lowest BCUT2D eigenvalue weighted by molar-refractivity contribution is 0.450. The summed E-state index contributed by atoms with van der Waals surface area (Å²) < 4.78 is 6.43. The van der Waals surface area contributed by atoms with Gasteiger partial charge in [-0.3, -0.25) is 0 Å². The molecule has 0 aliphatic carbocycles. The summed E-state index contributed by atoms with van der Waals surface area (Å²) >= 11 is 0. The van der Waals surface area contributed by atoms with E-state index in [0.29, 0.717) is 11.3 Å². The lowest BCUT2D eigenvalue weighted by Crippen LogP contribution is -2.39. The van der Waals surface area contributed by atoms with Crippen LogP contribution in [0, 0.1) is 0 Å². The van der Waals surface area contributed by atoms with Gasteiger partial charge in [0.15, 0.2) is 0 Å². The first-order chi connectivity index (χ1) is 11.9. The van der Waals surface area contributed by atoms with Crippen LogP contribution >= 0.6 is 0 Å². The van der Waals surface area contributed by atoms with Gasteiger partial charge < -0.3 is 19.7 Å². The van der Waals surface area contributed by atoms with Gasteiger partial charge in [0.25, 0.3) is 8.32 Å². The quantitative estimate of drug-likeness (QED) is 0.460. The second kappa shape index (κ2) is 8.12. The summed E-state index contributed by atoms with van der Waals surface area (Å²) in [5.74, 6) is 0.874. The fourth-order valence-corrected chi connectivity index (χ4v) is 5.43. The number of hydrogen-bond acceptors (Lipinski definition) is 4. The molecule has 0 aliphatic heterocycles. The molecule has 0 spiro atoms. The van der Waals surface area contributed by atoms with Crippen LogP contribution in [0.1, 0.15) is 31.9 Å². The van der Waals surface area contributed by atoms with E-state index >= 15 is 0 Å². The molecule has 0 saturated heterocycles. The Balaban J connectivity index is 2.36. The lowest BCUT2D eigenvalue weighted by Gasteiger charge is -2.29. The highest BCUT2D eigenvalue weighted by Gasteiger charge is 2.31. The molecular weight excluding hydrogens is 332 g/mol. The minimum Gasteiger partial charge on any atom is -0.543 e. The van der Waals surface area contributed by atoms with Crippen LogP contribution < -0.4 is 4.43 Å². The van der Waals surface area contributed by atoms with Crippen LogP contribution in [0.4, 0.5) is 0 Å². The third kappa shape index (κ3) is 4.79. The Bertz CT molecular complexity index is 723. The van der Waals surface area contributed by atoms with Crippen molar-refractivity contribution in [1.29, 1.82) is 0 Å². The minimum atomic E-state index is -1.86. The van der Waals surface area contributed by atoms with Crippen molar-refractivity contribution in [3.05, 3.63) is 47.5 Å². The highest BCUT2D eigenvalue weighted by atomic mass is 28.4. The molecule has 0 bridgehead atoms. The largest absolute Gasteiger partial charge is 0.543 e. The van der Waals surface area contributed by atoms with Crippen molar-refractivity contribution in [3.63, 3.8) is 0 Å². The Morgan fingerprint density at radius 3 is 1.96 bits per heavy atom. The van der Waals surface area contributed by atoms with Crippen molar-refractivity contribution in [2.75, 3.05) is 0 Å². The monoisotopic (exact) mass is 358 g/mol. The molecule has 25 heavy (non-hydrogen) atoms. The number of rotatable bonds is 7. The Morgan fingerprint density at radius 1 is 0.800 bits per heavy atom. The maximum absolute atomic E-state index is 9.86. The summed E-state index contributed by atoms with van der Waals surface area (Å²) in [6.07, 6.45) is 3.66. The highest BCUT2D eigenvalue weighted by Crippen LogP contribution is 2.32. The molecule has 0 unspecified atom stereocenters. The molecule has 5 heteroatoms. The van der Waals surface area contributed by atoms with Gasteiger partial charge in [-0.25, -0.2) is 0 Å². The normalized spacial score (nSPS) is 11.8. The van der Waals surface area contributed by atoms with E-state index in [1.54, 1.807) is 30.3 Å². The van der Waals surface area contributed by atoms with Gasteiger partial charge in [0.1, 0.15) is 23.0 Å². The smallest absolute Gasteiger partial charge is 0.250 e. The topological polar surface area (TPSA) is 69.9 Å². The number of phenolic OH excluding ortho intramolecular Hbond substituents is 3. The van der Waals surface area contributed by atoms with Crippen molar-refractivity contribution >= 4 is 20.5 Å². The highest BCUT2D eigenvalue weighted by molar-refractivity contribution is 6.74. The summed E-state index contributed by atoms with van der Waals surface area (Å²) in [5.41, 5.74) is 1.54. The summed E-state index contributed by atoms with van der Waals surface area (Å²) in [4.78, 5) is 0. The van der Waals surface area contributed by atoms with Gasteiger partial charge in [-0.1, -0.05) is 32.9 Å². The van der Waals surface area contributed by atoms with Crippen molar-refractivity contribution in [3.8, 4) is 23.0 Å². The average Bonchev–Trinajstić information content (AvgIpc) is 2.58. The van der Waals surface area contributed by atoms with Crippen molar-refractivity contribution in [1.82, 2.24) is 0 Å². The number of aromatic hydroxyl groups is 3. The van der Waals surface area contributed by atoms with Crippen LogP contribution in [0.15, 0.2) is 36.4 Å². The Morgan fingerprint density at radius 2 is 1.40 bits per heavy atom. The molecule has 2 aromatic carbocycles. The fraction of sp³-hybridized carbons (Fsp3) is 0.300. The predicted molar refractivity (Wildman–Crippen MR) is 105 cm³/mol. The summed E-state index contributed by atoms with van der Waals surface area (Å²) in [6, 6.07) is 12.6. The van der Waals surface area contributed by atoms with E-state index < -0.39 is 8.32 Å². The SMILES string of the molecule is CC[Si](CC)(CC)Oc1cc(O)ccc1/C=C/c1cc(O)cc(O)c1. The first-order valence-electron chi connectivity index (χ1n) is 8.64. The lowest BCUT2D eigenvalue weighted by atomic mass is 10.1. The van der Waals surface area contributed by atoms with Gasteiger partial charge in [0.2, 0.25) is 0 Å². The van der Waals surface area contributed by atoms with Gasteiger partial charge >= 0.3 is 0 Å². The second-order valence-electron chi connectivity index (χ2n) is 6.18. The maximum atomic E-state index is 9.86. The van der Waals surface area contributed by atoms with E-state index in [-0.39, 0.29) is 17.2 Å². The molecule has 0 amide bonds. The number of benzene rings is 2. The van der Waals surface area contributed by atoms with Crippen molar-refractivity contribution in [2.45, 2.75) is 38.9 Å². The fourth-order valence-electron chi connectivity index (χ4n) is 2.85. The van der Waals surface area contributed by atoms with E-state index in [9.17, 15) is 15.3 Å². The molecule has 0 saturated carbocycles. The molecule has 2 rings (SSSR count). The molecule has 0 fully saturated rings. The van der Waals surface area contributed by atoms with Crippen LogP contribution in [0.2, 0.25) is 18.1 Å². The van der Waals surface area contributed by atoms with E-state index in [2.05, 4.69) is 20.8 Å². The molecule has 0 atom stereocenters. The van der Waals surface area contributed by atoms with Crippen molar-refractivity contribution < 1.29 is 19.7 Å². The summed E-state index contributed by atoms with van der Waals surface area (Å²) in [6.45, 7) is 6.48. The van der Waals surface area contributed by atoms with Crippen molar-refractivity contribution in [2.24, 2.45) is 0 Å². The van der Waals surface area contributed by atoms with Gasteiger partial charge in [-0.15, -0.1) is 0 Å². The molecule has 0 radical (unpaired) electrons. The Hall–Kier alpha value is -2.40. The third-order valence-corrected chi connectivity index (χ3v) is 9.16. The van der Waals surface area contributed by atoms with Gasteiger partial charge in [0.05, 0.1) is 0 Å². The number of hydrogen-bond donors (Lipinski definition) is 3. The summed E-state index contributed by atoms with van der Waals surface area (Å²) in [5, 5.41) is 29.0. The van der Waals surface area contributed by atoms with Crippen LogP contribution in [-0.2, 0) is 0 Å². The third-order valence-electron chi connectivity index (χ3n) is 4.64. The average molecular weight is 359 g/mol. The number of phenols is 3. The van der Waals surface area contributed by atoms with E-state index in [0.717, 1.165) is 23.7 Å². The first kappa shape index (κ1) is 18.9. The zero-order valence-corrected chi connectivity index (χ0v) is 16.0. The standard InChI is InChI=1S/C20H26O4Si/c1-4-25(5-2,6-3)24-20-14-17(21)10-9-16(20)8-7-15-11-18(22)13-19(23)12-15/h7-14,21-23H,4-6H2,1-3H3/b8-7+. The molecule has 2 aromatic rings. The molecule has 4 nitrogen and oxygen atoms in total. The van der Waals surface area contributed by atoms with Crippen LogP contribution in [0.25, 0.3) is 12.2 Å². The van der Waals surface area contributed by atoms with E-state index in [4.69, 9.17) is 4.43 Å². The molecule has 134 valence electrons. The maximum Gasteiger partial charge on any atom is 0.250 e. The molecule has 0 heterocycles. The minimum absolute atomic E-state index is 0.0104. The second-order valence-corrected chi connectivity index (χ2v) is 10.9. The Labute approximate surface area is 150 Å². The molecule has 0 aliphatic rings. The van der Waals surface area contributed by atoms with Gasteiger partial charge in [-0.2, -0.15) is 0 Å². The first-order valence-corrected chi connectivity index (χ1v) is 11.2. The molecular formula is C20H26O4Si. The zero-order valence-electron chi connectivity index (χ0n) is 15.0. The predicted octanol–water partition coefficient (Wildman–Crippen LogP) is 5.36. The molecule has 0 aromatic heterocycles. The van der Waals surface area contributed by atoms with E-state index in [1.165, 1.54) is 6.07 Å². The van der Waals surface area contributed by atoms with Gasteiger partial charge in [0, 0.05) is 17.7 Å². The zero-order chi connectivity index (χ0) is 18.4. The molecule has 3 N–H and O–H groups in total. The Kier molecular flexibility index (Phi) is 6.15.